The standard InChI is InChI=1S/C14H14S.C8H10.C6H10.C2H6/c1-11-3-7-13(8-4-11)15-14-9-5-12(2)6-10-14;1-7-3-5-8(2)6-4-7;1-4-5-6(2)3;1-2/h3-10H,1-2H3;3-6H,1-2H3;4-5H,2H2,1,3H3;1-2H3/b;;5-4-;. The van der Waals surface area contributed by atoms with Gasteiger partial charge in [0.05, 0.1) is 0 Å². The lowest BCUT2D eigenvalue weighted by Crippen LogP contribution is -1.76. The Labute approximate surface area is 196 Å². The van der Waals surface area contributed by atoms with Crippen molar-refractivity contribution in [1.82, 2.24) is 0 Å². The van der Waals surface area contributed by atoms with E-state index in [1.54, 1.807) is 11.8 Å². The van der Waals surface area contributed by atoms with E-state index >= 15 is 0 Å². The van der Waals surface area contributed by atoms with E-state index in [2.05, 4.69) is 107 Å². The molecular weight excluding hydrogens is 392 g/mol. The van der Waals surface area contributed by atoms with Crippen molar-refractivity contribution in [2.75, 3.05) is 0 Å². The van der Waals surface area contributed by atoms with Crippen molar-refractivity contribution < 1.29 is 0 Å². The van der Waals surface area contributed by atoms with E-state index in [9.17, 15) is 0 Å². The van der Waals surface area contributed by atoms with Gasteiger partial charge in [0.1, 0.15) is 0 Å². The maximum Gasteiger partial charge on any atom is 0.0122 e. The Morgan fingerprint density at radius 1 is 0.613 bits per heavy atom. The number of rotatable bonds is 3. The second-order valence-electron chi connectivity index (χ2n) is 7.23. The van der Waals surface area contributed by atoms with Crippen LogP contribution in [0.4, 0.5) is 0 Å². The fraction of sp³-hybridized carbons (Fsp3) is 0.267. The van der Waals surface area contributed by atoms with Crippen LogP contribution in [0.2, 0.25) is 0 Å². The zero-order chi connectivity index (χ0) is 23.6. The molecule has 0 heterocycles. The minimum absolute atomic E-state index is 1.11. The van der Waals surface area contributed by atoms with Gasteiger partial charge in [-0.05, 0) is 65.8 Å². The van der Waals surface area contributed by atoms with E-state index in [-0.39, 0.29) is 0 Å². The Bertz CT molecular complexity index is 803. The molecule has 0 saturated carbocycles. The molecular formula is C30H40S. The third-order valence-corrected chi connectivity index (χ3v) is 4.96. The van der Waals surface area contributed by atoms with E-state index in [1.807, 2.05) is 39.8 Å². The Morgan fingerprint density at radius 3 is 1.06 bits per heavy atom. The number of benzene rings is 3. The maximum absolute atomic E-state index is 3.66. The fourth-order valence-electron chi connectivity index (χ4n) is 2.27. The summed E-state index contributed by atoms with van der Waals surface area (Å²) in [5.41, 5.74) is 6.38. The Balaban J connectivity index is 0.000000475. The third-order valence-electron chi connectivity index (χ3n) is 3.95. The second kappa shape index (κ2) is 17.2. The van der Waals surface area contributed by atoms with Crippen LogP contribution >= 0.6 is 11.8 Å². The van der Waals surface area contributed by atoms with Crippen molar-refractivity contribution in [3.05, 3.63) is 119 Å². The van der Waals surface area contributed by atoms with Crippen LogP contribution in [0.15, 0.2) is 107 Å². The molecule has 0 unspecified atom stereocenters. The molecule has 0 spiro atoms. The Kier molecular flexibility index (Phi) is 15.8. The molecule has 0 radical (unpaired) electrons. The van der Waals surface area contributed by atoms with E-state index in [0.717, 1.165) is 5.57 Å². The summed E-state index contributed by atoms with van der Waals surface area (Å²) in [5, 5.41) is 0. The molecule has 0 nitrogen and oxygen atoms in total. The molecule has 31 heavy (non-hydrogen) atoms. The van der Waals surface area contributed by atoms with Crippen molar-refractivity contribution in [2.45, 2.75) is 65.2 Å². The number of allylic oxidation sites excluding steroid dienone is 3. The van der Waals surface area contributed by atoms with Crippen LogP contribution < -0.4 is 0 Å². The van der Waals surface area contributed by atoms with Crippen LogP contribution in [0.1, 0.15) is 49.9 Å². The monoisotopic (exact) mass is 432 g/mol. The number of hydrogen-bond donors (Lipinski definition) is 0. The predicted octanol–water partition coefficient (Wildman–Crippen LogP) is 9.92. The summed E-state index contributed by atoms with van der Waals surface area (Å²) in [6.45, 7) is 20.0. The zero-order valence-electron chi connectivity index (χ0n) is 20.7. The van der Waals surface area contributed by atoms with E-state index in [4.69, 9.17) is 0 Å². The van der Waals surface area contributed by atoms with E-state index in [0.29, 0.717) is 0 Å². The van der Waals surface area contributed by atoms with Crippen LogP contribution in [0.25, 0.3) is 0 Å². The van der Waals surface area contributed by atoms with Crippen LogP contribution in [0.5, 0.6) is 0 Å². The van der Waals surface area contributed by atoms with E-state index in [1.165, 1.54) is 32.0 Å². The summed E-state index contributed by atoms with van der Waals surface area (Å²) in [7, 11) is 0. The van der Waals surface area contributed by atoms with Gasteiger partial charge in [-0.1, -0.05) is 121 Å². The molecule has 3 rings (SSSR count). The highest BCUT2D eigenvalue weighted by molar-refractivity contribution is 7.99. The van der Waals surface area contributed by atoms with Gasteiger partial charge in [0.25, 0.3) is 0 Å². The number of aryl methyl sites for hydroxylation is 4. The molecule has 0 bridgehead atoms. The molecule has 0 aromatic heterocycles. The first kappa shape index (κ1) is 28.5. The molecule has 3 aromatic carbocycles. The van der Waals surface area contributed by atoms with Gasteiger partial charge in [0.2, 0.25) is 0 Å². The van der Waals surface area contributed by atoms with Crippen molar-refractivity contribution in [1.29, 1.82) is 0 Å². The second-order valence-corrected chi connectivity index (χ2v) is 8.38. The van der Waals surface area contributed by atoms with Gasteiger partial charge in [0, 0.05) is 9.79 Å². The van der Waals surface area contributed by atoms with Crippen molar-refractivity contribution >= 4 is 11.8 Å². The molecule has 0 amide bonds. The first-order valence-electron chi connectivity index (χ1n) is 10.9. The van der Waals surface area contributed by atoms with Gasteiger partial charge < -0.3 is 0 Å². The van der Waals surface area contributed by atoms with Gasteiger partial charge in [-0.15, -0.1) is 0 Å². The lowest BCUT2D eigenvalue weighted by atomic mass is 10.2. The predicted molar refractivity (Wildman–Crippen MR) is 143 cm³/mol. The average Bonchev–Trinajstić information content (AvgIpc) is 2.76. The number of hydrogen-bond acceptors (Lipinski definition) is 1. The lowest BCUT2D eigenvalue weighted by molar-refractivity contribution is 1.34. The van der Waals surface area contributed by atoms with Crippen molar-refractivity contribution in [3.8, 4) is 0 Å². The first-order chi connectivity index (χ1) is 14.8. The molecule has 3 aromatic rings. The topological polar surface area (TPSA) is 0 Å². The van der Waals surface area contributed by atoms with E-state index < -0.39 is 0 Å². The lowest BCUT2D eigenvalue weighted by Gasteiger charge is -2.02. The Morgan fingerprint density at radius 2 is 0.871 bits per heavy atom. The fourth-order valence-corrected chi connectivity index (χ4v) is 3.09. The molecule has 1 heteroatoms. The summed E-state index contributed by atoms with van der Waals surface area (Å²) in [6, 6.07) is 25.7. The molecule has 0 fully saturated rings. The largest absolute Gasteiger partial charge is 0.0961 e. The summed E-state index contributed by atoms with van der Waals surface area (Å²) >= 11 is 1.80. The molecule has 0 saturated heterocycles. The van der Waals surface area contributed by atoms with Crippen LogP contribution in [-0.2, 0) is 0 Å². The normalized spacial score (nSPS) is 9.42. The molecule has 0 aliphatic rings. The summed E-state index contributed by atoms with van der Waals surface area (Å²) in [4.78, 5) is 2.59. The summed E-state index contributed by atoms with van der Waals surface area (Å²) < 4.78 is 0. The quantitative estimate of drug-likeness (QED) is 0.371. The maximum atomic E-state index is 3.66. The SMILES string of the molecule is C=C(C)/C=C\C.CC.Cc1ccc(C)cc1.Cc1ccc(Sc2ccc(C)cc2)cc1. The molecule has 0 N–H and O–H groups in total. The zero-order valence-corrected chi connectivity index (χ0v) is 21.5. The van der Waals surface area contributed by atoms with Gasteiger partial charge in [0.15, 0.2) is 0 Å². The third kappa shape index (κ3) is 15.0. The summed E-state index contributed by atoms with van der Waals surface area (Å²) in [5.74, 6) is 0. The van der Waals surface area contributed by atoms with Crippen molar-refractivity contribution in [3.63, 3.8) is 0 Å². The van der Waals surface area contributed by atoms with Crippen LogP contribution in [0.3, 0.4) is 0 Å². The molecule has 0 atom stereocenters. The molecule has 0 aliphatic carbocycles. The minimum atomic E-state index is 1.11. The average molecular weight is 433 g/mol. The highest BCUT2D eigenvalue weighted by Gasteiger charge is 1.96. The van der Waals surface area contributed by atoms with Gasteiger partial charge in [-0.25, -0.2) is 0 Å². The smallest absolute Gasteiger partial charge is 0.0122 e. The first-order valence-corrected chi connectivity index (χ1v) is 11.7. The highest BCUT2D eigenvalue weighted by Crippen LogP contribution is 2.27. The highest BCUT2D eigenvalue weighted by atomic mass is 32.2. The van der Waals surface area contributed by atoms with Crippen LogP contribution in [0, 0.1) is 27.7 Å². The Hall–Kier alpha value is -2.51. The van der Waals surface area contributed by atoms with Crippen LogP contribution in [-0.4, -0.2) is 0 Å². The van der Waals surface area contributed by atoms with Gasteiger partial charge >= 0.3 is 0 Å². The summed E-state index contributed by atoms with van der Waals surface area (Å²) in [6.07, 6.45) is 3.95. The van der Waals surface area contributed by atoms with Gasteiger partial charge in [-0.3, -0.25) is 0 Å². The molecule has 0 aliphatic heterocycles. The minimum Gasteiger partial charge on any atom is -0.0961 e. The van der Waals surface area contributed by atoms with Gasteiger partial charge in [-0.2, -0.15) is 0 Å². The van der Waals surface area contributed by atoms with Crippen molar-refractivity contribution in [2.24, 2.45) is 0 Å². The molecule has 166 valence electrons.